The standard InChI is InChI=1S/C19H19F3N4O2.C6H12.C3H6O.C3H8.C2H6.CH3NO/c20-19(21,22)16-3-1-14(2-4-16)8-26-9-15(7-23-26)17(28)25-6-5-18(12-25)10-24(11-18)13-27;1-5-4-6(5,2)3;1-2-3-4;1-3-2;1-2;2-1-3/h1-4,7,9,13H,5-6,8,10-12H2;5H,4H2,1-3H3;3H,2H2,1H3;3H2,1-2H3;1-2H3;1H,(H2,2,3). The maximum absolute atomic E-state index is 12.7. The summed E-state index contributed by atoms with van der Waals surface area (Å²) in [7, 11) is 0. The minimum absolute atomic E-state index is 0.0206. The first-order valence-corrected chi connectivity index (χ1v) is 15.9. The summed E-state index contributed by atoms with van der Waals surface area (Å²) < 4.78 is 39.4. The van der Waals surface area contributed by atoms with Crippen LogP contribution >= 0.6 is 0 Å². The summed E-state index contributed by atoms with van der Waals surface area (Å²) in [6, 6.07) is 4.89. The van der Waals surface area contributed by atoms with E-state index in [1.165, 1.54) is 31.2 Å². The van der Waals surface area contributed by atoms with Gasteiger partial charge in [0.15, 0.2) is 0 Å². The van der Waals surface area contributed by atoms with E-state index in [0.29, 0.717) is 49.1 Å². The lowest BCUT2D eigenvalue weighted by atomic mass is 9.79. The summed E-state index contributed by atoms with van der Waals surface area (Å²) in [4.78, 5) is 44.7. The number of primary amides is 1. The number of alkyl halides is 3. The number of benzene rings is 1. The first-order valence-electron chi connectivity index (χ1n) is 15.9. The zero-order valence-corrected chi connectivity index (χ0v) is 28.8. The van der Waals surface area contributed by atoms with E-state index in [-0.39, 0.29) is 24.3 Å². The molecular weight excluding hydrogens is 599 g/mol. The Morgan fingerprint density at radius 1 is 1.04 bits per heavy atom. The fourth-order valence-electron chi connectivity index (χ4n) is 4.72. The lowest BCUT2D eigenvalue weighted by molar-refractivity contribution is -0.137. The smallest absolute Gasteiger partial charge is 0.372 e. The topological polar surface area (TPSA) is 119 Å². The van der Waals surface area contributed by atoms with Crippen LogP contribution in [0.15, 0.2) is 36.7 Å². The number of carbonyl (C=O) groups excluding carboxylic acids is 4. The van der Waals surface area contributed by atoms with Crippen LogP contribution in [0.5, 0.6) is 0 Å². The molecule has 1 saturated carbocycles. The second kappa shape index (κ2) is 20.4. The van der Waals surface area contributed by atoms with Gasteiger partial charge < -0.3 is 20.3 Å². The molecule has 12 heteroatoms. The number of nitrogens with two attached hydrogens (primary N) is 1. The average molecular weight is 654 g/mol. The molecule has 9 nitrogen and oxygen atoms in total. The normalized spacial score (nSPS) is 17.7. The number of hydrogen-bond acceptors (Lipinski definition) is 5. The van der Waals surface area contributed by atoms with E-state index >= 15 is 0 Å². The predicted molar refractivity (Wildman–Crippen MR) is 175 cm³/mol. The van der Waals surface area contributed by atoms with Gasteiger partial charge in [0.1, 0.15) is 6.29 Å². The van der Waals surface area contributed by atoms with Crippen molar-refractivity contribution in [3.05, 3.63) is 53.3 Å². The maximum atomic E-state index is 12.7. The largest absolute Gasteiger partial charge is 0.416 e. The van der Waals surface area contributed by atoms with E-state index in [1.807, 2.05) is 20.8 Å². The fourth-order valence-corrected chi connectivity index (χ4v) is 4.72. The number of halogens is 3. The second-order valence-corrected chi connectivity index (χ2v) is 12.1. The third-order valence-electron chi connectivity index (χ3n) is 7.63. The number of hydrogen-bond donors (Lipinski definition) is 1. The van der Waals surface area contributed by atoms with Crippen LogP contribution < -0.4 is 5.73 Å². The summed E-state index contributed by atoms with van der Waals surface area (Å²) in [6.45, 7) is 19.9. The third kappa shape index (κ3) is 14.2. The minimum Gasteiger partial charge on any atom is -0.372 e. The molecule has 46 heavy (non-hydrogen) atoms. The quantitative estimate of drug-likeness (QED) is 0.373. The molecule has 3 fully saturated rings. The van der Waals surface area contributed by atoms with Gasteiger partial charge >= 0.3 is 6.18 Å². The molecule has 3 aliphatic rings. The lowest BCUT2D eigenvalue weighted by Crippen LogP contribution is -2.56. The predicted octanol–water partition coefficient (Wildman–Crippen LogP) is 6.45. The molecule has 3 heterocycles. The van der Waals surface area contributed by atoms with Crippen molar-refractivity contribution in [1.82, 2.24) is 19.6 Å². The Bertz CT molecular complexity index is 1180. The van der Waals surface area contributed by atoms with E-state index in [4.69, 9.17) is 4.79 Å². The van der Waals surface area contributed by atoms with Gasteiger partial charge in [-0.2, -0.15) is 18.3 Å². The number of aldehydes is 1. The molecule has 2 N–H and O–H groups in total. The molecule has 0 radical (unpaired) electrons. The van der Waals surface area contributed by atoms with Crippen molar-refractivity contribution in [1.29, 1.82) is 0 Å². The Labute approximate surface area is 272 Å². The van der Waals surface area contributed by atoms with E-state index in [2.05, 4.69) is 45.5 Å². The Balaban J connectivity index is 0.000000927. The van der Waals surface area contributed by atoms with Gasteiger partial charge in [0, 0.05) is 44.2 Å². The molecule has 1 aromatic heterocycles. The van der Waals surface area contributed by atoms with Crippen molar-refractivity contribution < 1.29 is 32.3 Å². The minimum atomic E-state index is -4.36. The summed E-state index contributed by atoms with van der Waals surface area (Å²) in [5.74, 6) is 0.887. The molecule has 2 saturated heterocycles. The van der Waals surface area contributed by atoms with E-state index in [0.717, 1.165) is 37.2 Å². The number of amides is 3. The van der Waals surface area contributed by atoms with Crippen LogP contribution in [-0.4, -0.2) is 70.8 Å². The highest BCUT2D eigenvalue weighted by atomic mass is 19.4. The fraction of sp³-hybridized carbons (Fsp3) is 0.618. The Hall–Kier alpha value is -3.70. The maximum Gasteiger partial charge on any atom is 0.416 e. The molecule has 1 aliphatic carbocycles. The number of aromatic nitrogens is 2. The van der Waals surface area contributed by atoms with Gasteiger partial charge in [0.25, 0.3) is 5.91 Å². The molecule has 2 aromatic rings. The van der Waals surface area contributed by atoms with Crippen LogP contribution in [0.25, 0.3) is 0 Å². The van der Waals surface area contributed by atoms with Crippen LogP contribution in [0.1, 0.15) is 103 Å². The number of rotatable bonds is 5. The van der Waals surface area contributed by atoms with Crippen molar-refractivity contribution in [2.75, 3.05) is 26.2 Å². The Morgan fingerprint density at radius 2 is 1.52 bits per heavy atom. The third-order valence-corrected chi connectivity index (χ3v) is 7.63. The molecule has 260 valence electrons. The zero-order valence-electron chi connectivity index (χ0n) is 28.8. The van der Waals surface area contributed by atoms with Crippen LogP contribution in [0, 0.1) is 16.7 Å². The van der Waals surface area contributed by atoms with Crippen LogP contribution in [-0.2, 0) is 27.1 Å². The Morgan fingerprint density at radius 3 is 1.91 bits per heavy atom. The van der Waals surface area contributed by atoms with Gasteiger partial charge in [-0.3, -0.25) is 19.1 Å². The SMILES string of the molecule is CC.CC1CC1(C)C.CCC.CCC=O.NC=O.O=CN1CC2(CCN(C(=O)c3cnn(Cc4ccc(C(F)(F)F)cc4)c3)C2)C1. The molecule has 1 aromatic carbocycles. The highest BCUT2D eigenvalue weighted by molar-refractivity contribution is 5.94. The van der Waals surface area contributed by atoms with Crippen molar-refractivity contribution in [3.8, 4) is 0 Å². The van der Waals surface area contributed by atoms with Gasteiger partial charge in [0.05, 0.1) is 23.9 Å². The first kappa shape index (κ1) is 42.3. The monoisotopic (exact) mass is 653 g/mol. The van der Waals surface area contributed by atoms with E-state index in [9.17, 15) is 27.6 Å². The molecule has 1 spiro atoms. The summed E-state index contributed by atoms with van der Waals surface area (Å²) in [5.41, 5.74) is 5.32. The highest BCUT2D eigenvalue weighted by Gasteiger charge is 2.48. The Kier molecular flexibility index (Phi) is 18.8. The molecule has 0 bridgehead atoms. The molecule has 3 amide bonds. The molecule has 1 atom stereocenters. The van der Waals surface area contributed by atoms with E-state index in [1.54, 1.807) is 20.7 Å². The lowest BCUT2D eigenvalue weighted by Gasteiger charge is -2.45. The number of nitrogens with zero attached hydrogens (tertiary/aromatic N) is 4. The molecule has 5 rings (SSSR count). The van der Waals surface area contributed by atoms with Crippen LogP contribution in [0.2, 0.25) is 0 Å². The molecule has 2 aliphatic heterocycles. The van der Waals surface area contributed by atoms with Gasteiger partial charge in [-0.25, -0.2) is 0 Å². The van der Waals surface area contributed by atoms with Gasteiger partial charge in [-0.1, -0.05) is 73.9 Å². The van der Waals surface area contributed by atoms with Crippen molar-refractivity contribution in [3.63, 3.8) is 0 Å². The number of carbonyl (C=O) groups is 4. The van der Waals surface area contributed by atoms with Crippen molar-refractivity contribution in [2.24, 2.45) is 22.5 Å². The summed E-state index contributed by atoms with van der Waals surface area (Å²) in [6.07, 6.45) is 4.90. The summed E-state index contributed by atoms with van der Waals surface area (Å²) in [5, 5.41) is 4.16. The second-order valence-electron chi connectivity index (χ2n) is 12.1. The first-order chi connectivity index (χ1) is 21.6. The zero-order chi connectivity index (χ0) is 35.6. The molecular formula is C34H54F3N5O4. The van der Waals surface area contributed by atoms with Crippen LogP contribution in [0.3, 0.4) is 0 Å². The average Bonchev–Trinajstić information content (AvgIpc) is 3.39. The highest BCUT2D eigenvalue weighted by Crippen LogP contribution is 2.50. The van der Waals surface area contributed by atoms with Crippen LogP contribution in [0.4, 0.5) is 13.2 Å². The van der Waals surface area contributed by atoms with E-state index < -0.39 is 11.7 Å². The van der Waals surface area contributed by atoms with Crippen molar-refractivity contribution >= 4 is 25.0 Å². The van der Waals surface area contributed by atoms with Gasteiger partial charge in [-0.05, 0) is 41.9 Å². The van der Waals surface area contributed by atoms with Crippen molar-refractivity contribution in [2.45, 2.75) is 93.8 Å². The van der Waals surface area contributed by atoms with Gasteiger partial charge in [-0.15, -0.1) is 0 Å². The van der Waals surface area contributed by atoms with Gasteiger partial charge in [0.2, 0.25) is 12.8 Å². The summed E-state index contributed by atoms with van der Waals surface area (Å²) >= 11 is 0. The number of likely N-dealkylation sites (tertiary alicyclic amines) is 2. The molecule has 1 unspecified atom stereocenters.